The first-order valence-electron chi connectivity index (χ1n) is 7.31. The molecule has 1 saturated carbocycles. The lowest BCUT2D eigenvalue weighted by Gasteiger charge is -2.20. The molecule has 0 amide bonds. The summed E-state index contributed by atoms with van der Waals surface area (Å²) in [6.45, 7) is 1.48. The highest BCUT2D eigenvalue weighted by atomic mass is 16.4. The number of aliphatic hydroxyl groups is 1. The Morgan fingerprint density at radius 1 is 1.25 bits per heavy atom. The van der Waals surface area contributed by atoms with Crippen molar-refractivity contribution in [3.63, 3.8) is 0 Å². The van der Waals surface area contributed by atoms with Crippen LogP contribution in [0.15, 0.2) is 30.3 Å². The van der Waals surface area contributed by atoms with Crippen molar-refractivity contribution in [1.29, 1.82) is 0 Å². The summed E-state index contributed by atoms with van der Waals surface area (Å²) in [4.78, 5) is 11.4. The molecule has 2 rings (SSSR count). The minimum absolute atomic E-state index is 0.243. The van der Waals surface area contributed by atoms with Crippen molar-refractivity contribution in [2.45, 2.75) is 25.2 Å². The molecule has 0 aromatic heterocycles. The number of carbonyl (C=O) groups is 1. The van der Waals surface area contributed by atoms with E-state index in [1.54, 1.807) is 0 Å². The lowest BCUT2D eigenvalue weighted by atomic mass is 9.95. The van der Waals surface area contributed by atoms with Gasteiger partial charge in [0.2, 0.25) is 0 Å². The van der Waals surface area contributed by atoms with E-state index in [-0.39, 0.29) is 6.61 Å². The number of aliphatic carboxylic acids is 1. The Balaban J connectivity index is 1.86. The summed E-state index contributed by atoms with van der Waals surface area (Å²) in [7, 11) is 0. The predicted molar refractivity (Wildman–Crippen MR) is 77.6 cm³/mol. The quantitative estimate of drug-likeness (QED) is 0.711. The van der Waals surface area contributed by atoms with Crippen LogP contribution in [0, 0.1) is 11.8 Å². The minimum atomic E-state index is -0.797. The molecule has 0 heterocycles. The Kier molecular flexibility index (Phi) is 5.56. The van der Waals surface area contributed by atoms with Crippen molar-refractivity contribution < 1.29 is 15.0 Å². The molecule has 0 saturated heterocycles. The van der Waals surface area contributed by atoms with Gasteiger partial charge in [-0.05, 0) is 36.8 Å². The molecule has 110 valence electrons. The molecule has 0 aliphatic heterocycles. The maximum absolute atomic E-state index is 11.4. The van der Waals surface area contributed by atoms with E-state index >= 15 is 0 Å². The summed E-state index contributed by atoms with van der Waals surface area (Å²) in [6, 6.07) is 9.33. The Hall–Kier alpha value is -1.39. The number of benzene rings is 1. The van der Waals surface area contributed by atoms with E-state index in [1.807, 2.05) is 30.3 Å². The number of carboxylic acid groups (broad SMARTS) is 1. The average Bonchev–Trinajstić information content (AvgIpc) is 2.91. The number of nitrogens with one attached hydrogen (secondary N) is 1. The van der Waals surface area contributed by atoms with Crippen molar-refractivity contribution >= 4 is 5.97 Å². The molecule has 1 aromatic rings. The molecular formula is C16H23NO3. The number of hydrogen-bond donors (Lipinski definition) is 3. The minimum Gasteiger partial charge on any atom is -0.481 e. The monoisotopic (exact) mass is 277 g/mol. The fourth-order valence-electron chi connectivity index (χ4n) is 3.07. The van der Waals surface area contributed by atoms with Crippen LogP contribution in [0.3, 0.4) is 0 Å². The van der Waals surface area contributed by atoms with Gasteiger partial charge in [-0.15, -0.1) is 0 Å². The van der Waals surface area contributed by atoms with E-state index in [2.05, 4.69) is 5.32 Å². The first-order valence-corrected chi connectivity index (χ1v) is 7.31. The van der Waals surface area contributed by atoms with Crippen LogP contribution in [-0.4, -0.2) is 35.9 Å². The number of rotatable bonds is 7. The summed E-state index contributed by atoms with van der Waals surface area (Å²) in [5, 5.41) is 21.9. The summed E-state index contributed by atoms with van der Waals surface area (Å²) in [5.74, 6) is -0.452. The van der Waals surface area contributed by atoms with Crippen LogP contribution in [0.1, 0.15) is 30.7 Å². The molecule has 0 radical (unpaired) electrons. The maximum atomic E-state index is 11.4. The first-order chi connectivity index (χ1) is 9.72. The van der Waals surface area contributed by atoms with E-state index in [1.165, 1.54) is 6.42 Å². The molecule has 4 heteroatoms. The number of hydrogen-bond acceptors (Lipinski definition) is 3. The molecule has 0 bridgehead atoms. The normalized spacial score (nSPS) is 23.6. The van der Waals surface area contributed by atoms with Gasteiger partial charge in [0.25, 0.3) is 0 Å². The second-order valence-corrected chi connectivity index (χ2v) is 5.59. The second kappa shape index (κ2) is 7.41. The lowest BCUT2D eigenvalue weighted by molar-refractivity contribution is -0.138. The average molecular weight is 277 g/mol. The molecular weight excluding hydrogens is 254 g/mol. The highest BCUT2D eigenvalue weighted by Gasteiger charge is 2.27. The van der Waals surface area contributed by atoms with Gasteiger partial charge in [0.1, 0.15) is 0 Å². The number of aliphatic hydroxyl groups excluding tert-OH is 1. The van der Waals surface area contributed by atoms with Crippen molar-refractivity contribution in [2.24, 2.45) is 11.8 Å². The van der Waals surface area contributed by atoms with Gasteiger partial charge in [0, 0.05) is 13.2 Å². The van der Waals surface area contributed by atoms with E-state index < -0.39 is 11.9 Å². The SMILES string of the molecule is O=C(O)C(CNCC1CCCC1CO)c1ccccc1. The molecule has 1 aromatic carbocycles. The Bertz CT molecular complexity index is 421. The summed E-state index contributed by atoms with van der Waals surface area (Å²) < 4.78 is 0. The maximum Gasteiger partial charge on any atom is 0.312 e. The van der Waals surface area contributed by atoms with Gasteiger partial charge in [-0.1, -0.05) is 36.8 Å². The summed E-state index contributed by atoms with van der Waals surface area (Å²) in [6.07, 6.45) is 3.38. The lowest BCUT2D eigenvalue weighted by Crippen LogP contribution is -2.32. The Labute approximate surface area is 119 Å². The van der Waals surface area contributed by atoms with E-state index in [4.69, 9.17) is 0 Å². The molecule has 4 nitrogen and oxygen atoms in total. The van der Waals surface area contributed by atoms with Gasteiger partial charge >= 0.3 is 5.97 Å². The van der Waals surface area contributed by atoms with Crippen molar-refractivity contribution in [2.75, 3.05) is 19.7 Å². The number of carboxylic acids is 1. The van der Waals surface area contributed by atoms with Gasteiger partial charge < -0.3 is 15.5 Å². The largest absolute Gasteiger partial charge is 0.481 e. The van der Waals surface area contributed by atoms with Gasteiger partial charge in [-0.2, -0.15) is 0 Å². The third kappa shape index (κ3) is 3.81. The first kappa shape index (κ1) is 15.0. The van der Waals surface area contributed by atoms with Crippen molar-refractivity contribution in [1.82, 2.24) is 5.32 Å². The van der Waals surface area contributed by atoms with E-state index in [9.17, 15) is 15.0 Å². The topological polar surface area (TPSA) is 69.6 Å². The zero-order valence-corrected chi connectivity index (χ0v) is 11.7. The van der Waals surface area contributed by atoms with E-state index in [0.29, 0.717) is 18.4 Å². The zero-order chi connectivity index (χ0) is 14.4. The summed E-state index contributed by atoms with van der Waals surface area (Å²) in [5.41, 5.74) is 0.831. The smallest absolute Gasteiger partial charge is 0.312 e. The molecule has 0 spiro atoms. The molecule has 3 atom stereocenters. The van der Waals surface area contributed by atoms with Crippen LogP contribution in [0.5, 0.6) is 0 Å². The van der Waals surface area contributed by atoms with Crippen molar-refractivity contribution in [3.05, 3.63) is 35.9 Å². The third-order valence-electron chi connectivity index (χ3n) is 4.31. The van der Waals surface area contributed by atoms with Crippen LogP contribution in [0.2, 0.25) is 0 Å². The van der Waals surface area contributed by atoms with Gasteiger partial charge in [0.15, 0.2) is 0 Å². The fraction of sp³-hybridized carbons (Fsp3) is 0.562. The van der Waals surface area contributed by atoms with Crippen LogP contribution < -0.4 is 5.32 Å². The van der Waals surface area contributed by atoms with Crippen molar-refractivity contribution in [3.8, 4) is 0 Å². The standard InChI is InChI=1S/C16H23NO3/c18-11-14-8-4-7-13(14)9-17-10-15(16(19)20)12-5-2-1-3-6-12/h1-3,5-6,13-15,17-18H,4,7-11H2,(H,19,20). The molecule has 1 aliphatic rings. The Morgan fingerprint density at radius 2 is 1.95 bits per heavy atom. The van der Waals surface area contributed by atoms with Gasteiger partial charge in [0.05, 0.1) is 5.92 Å². The zero-order valence-electron chi connectivity index (χ0n) is 11.7. The van der Waals surface area contributed by atoms with Crippen LogP contribution in [0.25, 0.3) is 0 Å². The molecule has 1 aliphatic carbocycles. The van der Waals surface area contributed by atoms with Crippen LogP contribution in [0.4, 0.5) is 0 Å². The van der Waals surface area contributed by atoms with Crippen LogP contribution >= 0.6 is 0 Å². The molecule has 1 fully saturated rings. The summed E-state index contributed by atoms with van der Waals surface area (Å²) >= 11 is 0. The molecule has 3 N–H and O–H groups in total. The molecule has 20 heavy (non-hydrogen) atoms. The predicted octanol–water partition coefficient (Wildman–Crippen LogP) is 1.85. The second-order valence-electron chi connectivity index (χ2n) is 5.59. The molecule has 3 unspecified atom stereocenters. The third-order valence-corrected chi connectivity index (χ3v) is 4.31. The van der Waals surface area contributed by atoms with Gasteiger partial charge in [-0.3, -0.25) is 4.79 Å². The Morgan fingerprint density at radius 3 is 2.60 bits per heavy atom. The highest BCUT2D eigenvalue weighted by molar-refractivity contribution is 5.76. The van der Waals surface area contributed by atoms with E-state index in [0.717, 1.165) is 24.9 Å². The fourth-order valence-corrected chi connectivity index (χ4v) is 3.07. The van der Waals surface area contributed by atoms with Gasteiger partial charge in [-0.25, -0.2) is 0 Å². The highest BCUT2D eigenvalue weighted by Crippen LogP contribution is 2.30. The van der Waals surface area contributed by atoms with Crippen LogP contribution in [-0.2, 0) is 4.79 Å².